The van der Waals surface area contributed by atoms with Gasteiger partial charge in [0.05, 0.1) is 0 Å². The maximum absolute atomic E-state index is 13.1. The second-order valence-corrected chi connectivity index (χ2v) is 7.64. The molecule has 1 unspecified atom stereocenters. The number of aryl methyl sites for hydroxylation is 2. The van der Waals surface area contributed by atoms with E-state index in [9.17, 15) is 9.59 Å². The van der Waals surface area contributed by atoms with Crippen molar-refractivity contribution in [2.45, 2.75) is 59.7 Å². The summed E-state index contributed by atoms with van der Waals surface area (Å²) in [6, 6.07) is 15.0. The molecule has 0 spiro atoms. The molecule has 2 aromatic carbocycles. The number of hydrogen-bond donors (Lipinski definition) is 1. The molecule has 0 aliphatic carbocycles. The highest BCUT2D eigenvalue weighted by Crippen LogP contribution is 2.17. The number of hydrogen-bond acceptors (Lipinski definition) is 3. The van der Waals surface area contributed by atoms with Crippen molar-refractivity contribution < 1.29 is 14.3 Å². The van der Waals surface area contributed by atoms with Gasteiger partial charge in [0.2, 0.25) is 5.91 Å². The molecule has 29 heavy (non-hydrogen) atoms. The zero-order valence-electron chi connectivity index (χ0n) is 18.1. The number of ether oxygens (including phenoxy) is 1. The maximum atomic E-state index is 13.1. The number of carbonyl (C=O) groups is 2. The molecule has 2 rings (SSSR count). The molecular formula is C24H32N2O3. The quantitative estimate of drug-likeness (QED) is 0.697. The average molecular weight is 397 g/mol. The Labute approximate surface area is 174 Å². The number of nitrogens with zero attached hydrogens (tertiary/aromatic N) is 1. The Kier molecular flexibility index (Phi) is 8.25. The van der Waals surface area contributed by atoms with Gasteiger partial charge in [-0.3, -0.25) is 9.59 Å². The fourth-order valence-electron chi connectivity index (χ4n) is 3.20. The van der Waals surface area contributed by atoms with Crippen LogP contribution in [0.25, 0.3) is 0 Å². The molecule has 0 radical (unpaired) electrons. The number of amides is 2. The second-order valence-electron chi connectivity index (χ2n) is 7.64. The monoisotopic (exact) mass is 396 g/mol. The summed E-state index contributed by atoms with van der Waals surface area (Å²) in [5.41, 5.74) is 3.17. The number of benzene rings is 2. The van der Waals surface area contributed by atoms with Crippen molar-refractivity contribution in [1.82, 2.24) is 10.2 Å². The van der Waals surface area contributed by atoms with Gasteiger partial charge in [-0.2, -0.15) is 0 Å². The van der Waals surface area contributed by atoms with E-state index < -0.39 is 6.04 Å². The lowest BCUT2D eigenvalue weighted by atomic mass is 10.1. The van der Waals surface area contributed by atoms with Gasteiger partial charge in [-0.05, 0) is 62.9 Å². The maximum Gasteiger partial charge on any atom is 0.261 e. The van der Waals surface area contributed by atoms with Crippen LogP contribution in [0.5, 0.6) is 5.75 Å². The summed E-state index contributed by atoms with van der Waals surface area (Å²) >= 11 is 0. The highest BCUT2D eigenvalue weighted by molar-refractivity contribution is 5.88. The molecule has 0 heterocycles. The van der Waals surface area contributed by atoms with Crippen LogP contribution in [0, 0.1) is 13.8 Å². The fraction of sp³-hybridized carbons (Fsp3) is 0.417. The first-order valence-corrected chi connectivity index (χ1v) is 10.2. The van der Waals surface area contributed by atoms with E-state index in [2.05, 4.69) is 5.32 Å². The van der Waals surface area contributed by atoms with Crippen LogP contribution in [0.4, 0.5) is 0 Å². The zero-order valence-corrected chi connectivity index (χ0v) is 18.1. The average Bonchev–Trinajstić information content (AvgIpc) is 2.67. The van der Waals surface area contributed by atoms with E-state index in [4.69, 9.17) is 4.74 Å². The summed E-state index contributed by atoms with van der Waals surface area (Å²) < 4.78 is 5.73. The van der Waals surface area contributed by atoms with Crippen LogP contribution in [0.3, 0.4) is 0 Å². The predicted octanol–water partition coefficient (Wildman–Crippen LogP) is 4.01. The zero-order chi connectivity index (χ0) is 21.4. The highest BCUT2D eigenvalue weighted by atomic mass is 16.5. The highest BCUT2D eigenvalue weighted by Gasteiger charge is 2.29. The van der Waals surface area contributed by atoms with Crippen LogP contribution in [-0.2, 0) is 16.1 Å². The van der Waals surface area contributed by atoms with E-state index in [-0.39, 0.29) is 24.5 Å². The van der Waals surface area contributed by atoms with Crippen molar-refractivity contribution in [2.24, 2.45) is 0 Å². The van der Waals surface area contributed by atoms with Crippen LogP contribution in [0.2, 0.25) is 0 Å². The Morgan fingerprint density at radius 2 is 1.79 bits per heavy atom. The Morgan fingerprint density at radius 3 is 2.41 bits per heavy atom. The van der Waals surface area contributed by atoms with Crippen molar-refractivity contribution >= 4 is 11.8 Å². The van der Waals surface area contributed by atoms with Crippen molar-refractivity contribution in [3.8, 4) is 5.75 Å². The van der Waals surface area contributed by atoms with Gasteiger partial charge in [0, 0.05) is 12.6 Å². The van der Waals surface area contributed by atoms with E-state index in [1.54, 1.807) is 4.90 Å². The molecule has 0 saturated carbocycles. The number of nitrogens with one attached hydrogen (secondary N) is 1. The van der Waals surface area contributed by atoms with Crippen LogP contribution in [-0.4, -0.2) is 35.4 Å². The lowest BCUT2D eigenvalue weighted by Crippen LogP contribution is -2.51. The van der Waals surface area contributed by atoms with E-state index in [0.717, 1.165) is 16.7 Å². The van der Waals surface area contributed by atoms with Crippen molar-refractivity contribution in [1.29, 1.82) is 0 Å². The van der Waals surface area contributed by atoms with Crippen LogP contribution in [0.15, 0.2) is 48.5 Å². The summed E-state index contributed by atoms with van der Waals surface area (Å²) in [5, 5.41) is 2.94. The Hall–Kier alpha value is -2.82. The van der Waals surface area contributed by atoms with E-state index >= 15 is 0 Å². The van der Waals surface area contributed by atoms with Crippen LogP contribution in [0.1, 0.15) is 43.9 Å². The van der Waals surface area contributed by atoms with Crippen LogP contribution >= 0.6 is 0 Å². The molecule has 0 bridgehead atoms. The molecule has 0 fully saturated rings. The molecule has 1 atom stereocenters. The first kappa shape index (κ1) is 22.5. The molecule has 0 aromatic heterocycles. The van der Waals surface area contributed by atoms with Gasteiger partial charge in [-0.15, -0.1) is 0 Å². The molecule has 1 N–H and O–H groups in total. The molecule has 2 amide bonds. The van der Waals surface area contributed by atoms with Crippen molar-refractivity contribution in [2.75, 3.05) is 6.61 Å². The van der Waals surface area contributed by atoms with Gasteiger partial charge in [-0.25, -0.2) is 0 Å². The summed E-state index contributed by atoms with van der Waals surface area (Å²) in [5.74, 6) is 0.300. The number of rotatable bonds is 9. The molecule has 156 valence electrons. The first-order valence-electron chi connectivity index (χ1n) is 10.2. The summed E-state index contributed by atoms with van der Waals surface area (Å²) in [6.07, 6.45) is 0.528. The summed E-state index contributed by atoms with van der Waals surface area (Å²) in [4.78, 5) is 27.5. The molecule has 5 nitrogen and oxygen atoms in total. The Bertz CT molecular complexity index is 832. The van der Waals surface area contributed by atoms with Crippen molar-refractivity contribution in [3.63, 3.8) is 0 Å². The summed E-state index contributed by atoms with van der Waals surface area (Å²) in [7, 11) is 0. The molecule has 5 heteroatoms. The first-order chi connectivity index (χ1) is 13.8. The third kappa shape index (κ3) is 6.63. The van der Waals surface area contributed by atoms with Gasteiger partial charge >= 0.3 is 0 Å². The molecule has 0 aliphatic heterocycles. The van der Waals surface area contributed by atoms with E-state index in [1.807, 2.05) is 83.1 Å². The van der Waals surface area contributed by atoms with Crippen LogP contribution < -0.4 is 10.1 Å². The normalized spacial score (nSPS) is 11.8. The Morgan fingerprint density at radius 1 is 1.07 bits per heavy atom. The minimum absolute atomic E-state index is 0.00973. The SMILES string of the molecule is CCC(C(=O)NC(C)C)N(Cc1ccccc1C)C(=O)COc1cccc(C)c1. The fourth-order valence-corrected chi connectivity index (χ4v) is 3.20. The molecule has 2 aromatic rings. The Balaban J connectivity index is 2.23. The topological polar surface area (TPSA) is 58.6 Å². The van der Waals surface area contributed by atoms with Gasteiger partial charge in [0.1, 0.15) is 11.8 Å². The third-order valence-corrected chi connectivity index (χ3v) is 4.77. The van der Waals surface area contributed by atoms with E-state index in [0.29, 0.717) is 18.7 Å². The standard InChI is InChI=1S/C24H32N2O3/c1-6-22(24(28)25-17(2)3)26(15-20-12-8-7-11-19(20)5)23(27)16-29-21-13-9-10-18(4)14-21/h7-14,17,22H,6,15-16H2,1-5H3,(H,25,28). The molecule has 0 saturated heterocycles. The van der Waals surface area contributed by atoms with E-state index in [1.165, 1.54) is 0 Å². The lowest BCUT2D eigenvalue weighted by molar-refractivity contribution is -0.143. The molecule has 0 aliphatic rings. The largest absolute Gasteiger partial charge is 0.484 e. The van der Waals surface area contributed by atoms with Gasteiger partial charge < -0.3 is 15.0 Å². The minimum Gasteiger partial charge on any atom is -0.484 e. The third-order valence-electron chi connectivity index (χ3n) is 4.77. The predicted molar refractivity (Wildman–Crippen MR) is 116 cm³/mol. The number of carbonyl (C=O) groups excluding carboxylic acids is 2. The van der Waals surface area contributed by atoms with Gasteiger partial charge in [-0.1, -0.05) is 43.3 Å². The van der Waals surface area contributed by atoms with Gasteiger partial charge in [0.15, 0.2) is 6.61 Å². The summed E-state index contributed by atoms with van der Waals surface area (Å²) in [6.45, 7) is 9.99. The smallest absolute Gasteiger partial charge is 0.261 e. The minimum atomic E-state index is -0.550. The van der Waals surface area contributed by atoms with Gasteiger partial charge in [0.25, 0.3) is 5.91 Å². The lowest BCUT2D eigenvalue weighted by Gasteiger charge is -2.31. The van der Waals surface area contributed by atoms with Crippen molar-refractivity contribution in [3.05, 3.63) is 65.2 Å². The molecular weight excluding hydrogens is 364 g/mol. The second kappa shape index (κ2) is 10.6.